The number of fused-ring (bicyclic) bond motifs is 27. The normalized spacial score (nSPS) is 11.8. The summed E-state index contributed by atoms with van der Waals surface area (Å²) in [6.45, 7) is 19.7. The molecule has 15 aromatic heterocycles. The van der Waals surface area contributed by atoms with Gasteiger partial charge in [-0.05, 0) is 145 Å². The molecule has 0 bridgehead atoms. The van der Waals surface area contributed by atoms with E-state index in [0.29, 0.717) is 34.5 Å². The number of aromatic nitrogens is 15. The Kier molecular flexibility index (Phi) is 23.8. The van der Waals surface area contributed by atoms with Crippen LogP contribution in [0.5, 0.6) is 34.5 Å². The quantitative estimate of drug-likeness (QED) is 0.0838. The molecular formula is C122H85N15O3Pt3. The summed E-state index contributed by atoms with van der Waals surface area (Å²) in [5.41, 5.74) is 28.3. The summed E-state index contributed by atoms with van der Waals surface area (Å²) in [7, 11) is 0. The zero-order valence-corrected chi connectivity index (χ0v) is 85.7. The van der Waals surface area contributed by atoms with Gasteiger partial charge in [0.2, 0.25) is 0 Å². The number of hydrogen-bond donors (Lipinski definition) is 0. The number of rotatable bonds is 12. The van der Waals surface area contributed by atoms with Crippen molar-refractivity contribution in [2.45, 2.75) is 73.1 Å². The standard InChI is InChI=1S/2C42H31N5O.C38H23N5O.3Pt/c1-26-10-5-6-13-31(26)36-25-46-37-15-9-20-43-39(37)33-19-17-30(24-35(33)41(46)45-36)48-29-12-7-11-28(23-29)47-38-22-27(42(2,3)4)16-18-32(38)34-14-8-21-44-40(34)47;1-26-11-5-6-12-31(26)36-25-46-38-16-10-19-43-39(38)33-18-17-29(24-35(33)41(46)45-36)48-30-22-27(42(2,3)4)21-28(23-30)47-37-15-8-7-13-32(37)34-14-9-20-44-40(34)47;1-24-9-2-3-12-28(24)33-23-42-35-16-8-19-39-36(35)30-18-17-27(22-32(30)38(42)41-33)44-26-11-6-10-25(21-26)43-34-15-5-4-13-29(34)31-14-7-20-40-37(31)43;;;/h2*5-22,25H,1-4H3;2-20,23H,1H3;;;/q3*-2;3*+2. The first-order valence-corrected chi connectivity index (χ1v) is 46.7. The van der Waals surface area contributed by atoms with Gasteiger partial charge in [-0.3, -0.25) is 29.9 Å². The van der Waals surface area contributed by atoms with E-state index < -0.39 is 0 Å². The number of ether oxygens (including phenoxy) is 3. The van der Waals surface area contributed by atoms with Crippen molar-refractivity contribution in [1.29, 1.82) is 0 Å². The monoisotopic (exact) mass is 2390 g/mol. The largest absolute Gasteiger partial charge is 2.00 e. The molecule has 18 nitrogen and oxygen atoms in total. The number of pyridine rings is 9. The third kappa shape index (κ3) is 16.3. The van der Waals surface area contributed by atoms with E-state index in [9.17, 15) is 0 Å². The molecule has 0 aliphatic rings. The Bertz CT molecular complexity index is 9660. The Labute approximate surface area is 865 Å². The van der Waals surface area contributed by atoms with Crippen LogP contribution in [0.2, 0.25) is 0 Å². The van der Waals surface area contributed by atoms with Gasteiger partial charge in [0.15, 0.2) is 0 Å². The predicted octanol–water partition coefficient (Wildman–Crippen LogP) is 29.3. The third-order valence-electron chi connectivity index (χ3n) is 26.6. The van der Waals surface area contributed by atoms with E-state index in [2.05, 4.69) is 302 Å². The molecule has 0 aliphatic carbocycles. The van der Waals surface area contributed by atoms with Crippen LogP contribution in [0.4, 0.5) is 0 Å². The van der Waals surface area contributed by atoms with Crippen molar-refractivity contribution >= 4 is 148 Å². The van der Waals surface area contributed by atoms with Crippen molar-refractivity contribution in [3.8, 4) is 85.3 Å². The van der Waals surface area contributed by atoms with Crippen molar-refractivity contribution in [2.24, 2.45) is 0 Å². The van der Waals surface area contributed by atoms with Crippen LogP contribution in [0.3, 0.4) is 0 Å². The molecule has 0 amide bonds. The summed E-state index contributed by atoms with van der Waals surface area (Å²) in [6, 6.07) is 122. The molecule has 0 atom stereocenters. The maximum absolute atomic E-state index is 6.65. The van der Waals surface area contributed by atoms with Crippen LogP contribution >= 0.6 is 0 Å². The van der Waals surface area contributed by atoms with Crippen molar-refractivity contribution in [1.82, 2.24) is 71.8 Å². The molecule has 696 valence electrons. The molecule has 15 heterocycles. The molecule has 0 saturated heterocycles. The molecule has 27 aromatic rings. The molecule has 143 heavy (non-hydrogen) atoms. The van der Waals surface area contributed by atoms with Gasteiger partial charge in [0, 0.05) is 139 Å². The third-order valence-corrected chi connectivity index (χ3v) is 26.6. The minimum atomic E-state index is -0.139. The van der Waals surface area contributed by atoms with Gasteiger partial charge < -0.3 is 41.1 Å². The van der Waals surface area contributed by atoms with Crippen molar-refractivity contribution in [3.63, 3.8) is 0 Å². The Morgan fingerprint density at radius 3 is 0.951 bits per heavy atom. The van der Waals surface area contributed by atoms with Gasteiger partial charge in [0.1, 0.15) is 16.9 Å². The van der Waals surface area contributed by atoms with E-state index in [-0.39, 0.29) is 74.0 Å². The fourth-order valence-corrected chi connectivity index (χ4v) is 19.7. The van der Waals surface area contributed by atoms with Crippen molar-refractivity contribution in [3.05, 3.63) is 417 Å². The van der Waals surface area contributed by atoms with E-state index in [4.69, 9.17) is 59.1 Å². The second kappa shape index (κ2) is 36.9. The second-order valence-corrected chi connectivity index (χ2v) is 37.5. The first-order chi connectivity index (χ1) is 68.4. The number of para-hydroxylation sites is 2. The number of imidazole rings is 3. The minimum Gasteiger partial charge on any atom is -0.503 e. The van der Waals surface area contributed by atoms with E-state index in [1.807, 2.05) is 177 Å². The zero-order valence-electron chi connectivity index (χ0n) is 78.9. The Morgan fingerprint density at radius 1 is 0.238 bits per heavy atom. The maximum atomic E-state index is 6.65. The summed E-state index contributed by atoms with van der Waals surface area (Å²) in [6.07, 6.45) is 17.2. The number of benzene rings is 12. The summed E-state index contributed by atoms with van der Waals surface area (Å²) < 4.78 is 32.4. The zero-order chi connectivity index (χ0) is 94.3. The van der Waals surface area contributed by atoms with Crippen LogP contribution < -0.4 is 14.2 Å². The van der Waals surface area contributed by atoms with Crippen molar-refractivity contribution < 1.29 is 77.4 Å². The first kappa shape index (κ1) is 92.1. The van der Waals surface area contributed by atoms with E-state index >= 15 is 0 Å². The van der Waals surface area contributed by atoms with Gasteiger partial charge >= 0.3 is 63.2 Å². The molecule has 0 spiro atoms. The number of nitrogens with zero attached hydrogens (tertiary/aromatic N) is 15. The molecule has 0 N–H and O–H groups in total. The molecular weight excluding hydrogens is 2310 g/mol. The van der Waals surface area contributed by atoms with Crippen LogP contribution in [-0.4, -0.2) is 71.8 Å². The van der Waals surface area contributed by atoms with Gasteiger partial charge in [0.05, 0.1) is 83.7 Å². The first-order valence-electron chi connectivity index (χ1n) is 46.7. The van der Waals surface area contributed by atoms with Gasteiger partial charge in [0.25, 0.3) is 0 Å². The molecule has 0 unspecified atom stereocenters. The van der Waals surface area contributed by atoms with E-state index in [1.165, 1.54) is 22.3 Å². The van der Waals surface area contributed by atoms with Crippen molar-refractivity contribution in [2.75, 3.05) is 0 Å². The molecule has 27 rings (SSSR count). The molecule has 12 aromatic carbocycles. The maximum Gasteiger partial charge on any atom is 2.00 e. The molecule has 0 fully saturated rings. The summed E-state index contributed by atoms with van der Waals surface area (Å²) >= 11 is 0. The molecule has 0 saturated carbocycles. The van der Waals surface area contributed by atoms with Gasteiger partial charge in [-0.2, -0.15) is 12.1 Å². The minimum absolute atomic E-state index is 0. The van der Waals surface area contributed by atoms with Gasteiger partial charge in [-0.25, -0.2) is 15.0 Å². The fourth-order valence-electron chi connectivity index (χ4n) is 19.7. The average molecular weight is 2390 g/mol. The predicted molar refractivity (Wildman–Crippen MR) is 561 cm³/mol. The van der Waals surface area contributed by atoms with Gasteiger partial charge in [-0.15, -0.1) is 78.4 Å². The molecule has 21 heteroatoms. The number of aryl methyl sites for hydroxylation is 3. The van der Waals surface area contributed by atoms with Crippen LogP contribution in [0.25, 0.3) is 199 Å². The van der Waals surface area contributed by atoms with Crippen LogP contribution in [0, 0.1) is 57.2 Å². The second-order valence-electron chi connectivity index (χ2n) is 37.5. The Morgan fingerprint density at radius 2 is 0.552 bits per heavy atom. The van der Waals surface area contributed by atoms with Gasteiger partial charge in [-0.1, -0.05) is 249 Å². The molecule has 0 aliphatic heterocycles. The molecule has 0 radical (unpaired) electrons. The summed E-state index contributed by atoms with van der Waals surface area (Å²) in [5.74, 6) is 3.49. The summed E-state index contributed by atoms with van der Waals surface area (Å²) in [4.78, 5) is 44.0. The van der Waals surface area contributed by atoms with Crippen LogP contribution in [0.1, 0.15) is 69.4 Å². The van der Waals surface area contributed by atoms with E-state index in [1.54, 1.807) is 0 Å². The smallest absolute Gasteiger partial charge is 0.503 e. The summed E-state index contributed by atoms with van der Waals surface area (Å²) in [5, 5.41) is 12.2. The van der Waals surface area contributed by atoms with E-state index in [0.717, 1.165) is 205 Å². The Hall–Kier alpha value is -16.0. The Balaban J connectivity index is 0.000000122. The SMILES string of the molecule is Cc1ccccc1-c1cn2c3cccnc3c3ccc(Oc4[c-]c(-n5c6cc(C(C)(C)C)ccc6c6cccnc65)ccc4)[c-]c3c2n1.Cc1ccccc1-c1cn2c3cccnc3c3ccc(Oc4[c-]c(-n5c6ccccc6c6cccnc65)cc(C(C)(C)C)c4)[c-]c3c2n1.Cc1ccccc1-c1cn2c3cccnc3c3ccc(Oc4[c-]c(-n5c6ccccc6c6cccnc65)ccc4)[c-]c3c2n1.[Pt+2].[Pt+2].[Pt+2]. The fraction of sp³-hybridized carbons (Fsp3) is 0.0902. The average Bonchev–Trinajstić information content (AvgIpc) is 1.68. The number of hydrogen-bond acceptors (Lipinski definition) is 12. The van der Waals surface area contributed by atoms with Crippen LogP contribution in [-0.2, 0) is 74.0 Å². The topological polar surface area (TPSA) is 172 Å². The van der Waals surface area contributed by atoms with Crippen LogP contribution in [0.15, 0.2) is 353 Å².